The first-order valence-electron chi connectivity index (χ1n) is 8.87. The van der Waals surface area contributed by atoms with Crippen LogP contribution >= 0.6 is 11.8 Å². The van der Waals surface area contributed by atoms with Crippen molar-refractivity contribution in [1.29, 1.82) is 0 Å². The lowest BCUT2D eigenvalue weighted by Gasteiger charge is -2.18. The van der Waals surface area contributed by atoms with Crippen molar-refractivity contribution in [2.45, 2.75) is 19.8 Å². The summed E-state index contributed by atoms with van der Waals surface area (Å²) in [6, 6.07) is 5.29. The molecule has 0 atom stereocenters. The molecule has 1 aromatic rings. The van der Waals surface area contributed by atoms with Crippen molar-refractivity contribution >= 4 is 34.9 Å². The molecular formula is C19H22N2O5S. The van der Waals surface area contributed by atoms with E-state index in [1.807, 2.05) is 6.92 Å². The number of imide groups is 1. The van der Waals surface area contributed by atoms with Crippen LogP contribution < -0.4 is 9.47 Å². The van der Waals surface area contributed by atoms with Crippen LogP contribution in [0.3, 0.4) is 0 Å². The Morgan fingerprint density at radius 3 is 2.63 bits per heavy atom. The van der Waals surface area contributed by atoms with Crippen LogP contribution in [-0.4, -0.2) is 60.2 Å². The van der Waals surface area contributed by atoms with Crippen molar-refractivity contribution in [2.24, 2.45) is 0 Å². The lowest BCUT2D eigenvalue weighted by molar-refractivity contribution is -0.135. The van der Waals surface area contributed by atoms with Crippen LogP contribution in [0, 0.1) is 0 Å². The van der Waals surface area contributed by atoms with Gasteiger partial charge in [-0.15, -0.1) is 0 Å². The fourth-order valence-electron chi connectivity index (χ4n) is 3.04. The molecule has 0 saturated carbocycles. The van der Waals surface area contributed by atoms with Crippen LogP contribution in [0.4, 0.5) is 4.79 Å². The molecule has 8 heteroatoms. The summed E-state index contributed by atoms with van der Waals surface area (Å²) in [6.45, 7) is 3.58. The zero-order valence-corrected chi connectivity index (χ0v) is 16.2. The first-order chi connectivity index (χ1) is 13.0. The lowest BCUT2D eigenvalue weighted by atomic mass is 10.2. The van der Waals surface area contributed by atoms with Crippen molar-refractivity contribution in [3.63, 3.8) is 0 Å². The van der Waals surface area contributed by atoms with Gasteiger partial charge in [-0.05, 0) is 55.3 Å². The number of hydrogen-bond acceptors (Lipinski definition) is 6. The van der Waals surface area contributed by atoms with E-state index in [1.54, 1.807) is 36.3 Å². The number of ether oxygens (including phenoxy) is 2. The third-order valence-corrected chi connectivity index (χ3v) is 5.32. The monoisotopic (exact) mass is 390 g/mol. The minimum atomic E-state index is -0.439. The quantitative estimate of drug-likeness (QED) is 0.695. The molecule has 0 bridgehead atoms. The van der Waals surface area contributed by atoms with Gasteiger partial charge in [0.05, 0.1) is 18.6 Å². The second kappa shape index (κ2) is 8.47. The second-order valence-electron chi connectivity index (χ2n) is 6.20. The van der Waals surface area contributed by atoms with Crippen LogP contribution in [-0.2, 0) is 9.59 Å². The predicted molar refractivity (Wildman–Crippen MR) is 103 cm³/mol. The van der Waals surface area contributed by atoms with E-state index in [0.29, 0.717) is 41.7 Å². The minimum absolute atomic E-state index is 0.182. The summed E-state index contributed by atoms with van der Waals surface area (Å²) in [4.78, 5) is 40.1. The molecule has 2 aliphatic heterocycles. The third-order valence-electron chi connectivity index (χ3n) is 4.41. The molecule has 0 unspecified atom stereocenters. The summed E-state index contributed by atoms with van der Waals surface area (Å²) in [5, 5.41) is -0.420. The highest BCUT2D eigenvalue weighted by Gasteiger charge is 2.37. The maximum Gasteiger partial charge on any atom is 0.294 e. The number of amides is 3. The number of carbonyl (C=O) groups excluding carboxylic acids is 3. The Morgan fingerprint density at radius 2 is 1.96 bits per heavy atom. The fraction of sp³-hybridized carbons (Fsp3) is 0.421. The second-order valence-corrected chi connectivity index (χ2v) is 7.19. The maximum absolute atomic E-state index is 12.6. The summed E-state index contributed by atoms with van der Waals surface area (Å²) < 4.78 is 10.8. The van der Waals surface area contributed by atoms with E-state index < -0.39 is 11.1 Å². The van der Waals surface area contributed by atoms with Gasteiger partial charge in [-0.3, -0.25) is 19.3 Å². The fourth-order valence-corrected chi connectivity index (χ4v) is 3.88. The van der Waals surface area contributed by atoms with Crippen molar-refractivity contribution < 1.29 is 23.9 Å². The average molecular weight is 390 g/mol. The van der Waals surface area contributed by atoms with E-state index in [4.69, 9.17) is 9.47 Å². The Hall–Kier alpha value is -2.48. The molecule has 0 aromatic heterocycles. The third kappa shape index (κ3) is 4.27. The van der Waals surface area contributed by atoms with Crippen LogP contribution in [0.25, 0.3) is 6.08 Å². The SMILES string of the molecule is CCOc1ccc(/C=C2\SC(=O)N(CC(=O)N3CCCC3)C2=O)cc1OC. The number of thioether (sulfide) groups is 1. The highest BCUT2D eigenvalue weighted by atomic mass is 32.2. The van der Waals surface area contributed by atoms with Crippen LogP contribution in [0.5, 0.6) is 11.5 Å². The lowest BCUT2D eigenvalue weighted by Crippen LogP contribution is -2.40. The number of rotatable bonds is 6. The molecule has 2 heterocycles. The van der Waals surface area contributed by atoms with Gasteiger partial charge in [-0.2, -0.15) is 0 Å². The molecule has 7 nitrogen and oxygen atoms in total. The number of likely N-dealkylation sites (tertiary alicyclic amines) is 1. The molecule has 0 aliphatic carbocycles. The summed E-state index contributed by atoms with van der Waals surface area (Å²) in [5.74, 6) is 0.541. The Kier molecular flexibility index (Phi) is 6.05. The highest BCUT2D eigenvalue weighted by molar-refractivity contribution is 8.18. The van der Waals surface area contributed by atoms with Crippen molar-refractivity contribution in [3.05, 3.63) is 28.7 Å². The topological polar surface area (TPSA) is 76.2 Å². The van der Waals surface area contributed by atoms with Gasteiger partial charge in [0.15, 0.2) is 11.5 Å². The molecule has 0 N–H and O–H groups in total. The summed E-state index contributed by atoms with van der Waals surface area (Å²) in [7, 11) is 1.54. The Labute approximate surface area is 162 Å². The molecule has 1 aromatic carbocycles. The van der Waals surface area contributed by atoms with Gasteiger partial charge in [-0.1, -0.05) is 6.07 Å². The molecule has 0 spiro atoms. The number of nitrogens with zero attached hydrogens (tertiary/aromatic N) is 2. The minimum Gasteiger partial charge on any atom is -0.493 e. The molecule has 2 fully saturated rings. The van der Waals surface area contributed by atoms with Gasteiger partial charge >= 0.3 is 0 Å². The molecule has 27 heavy (non-hydrogen) atoms. The molecular weight excluding hydrogens is 368 g/mol. The average Bonchev–Trinajstić information content (AvgIpc) is 3.28. The number of benzene rings is 1. The molecule has 0 radical (unpaired) electrons. The van der Waals surface area contributed by atoms with E-state index in [2.05, 4.69) is 0 Å². The number of carbonyl (C=O) groups is 3. The largest absolute Gasteiger partial charge is 0.493 e. The molecule has 3 amide bonds. The van der Waals surface area contributed by atoms with Gasteiger partial charge in [0.25, 0.3) is 11.1 Å². The van der Waals surface area contributed by atoms with E-state index in [1.165, 1.54) is 0 Å². The Bertz CT molecular complexity index is 786. The van der Waals surface area contributed by atoms with Crippen LogP contribution in [0.2, 0.25) is 0 Å². The summed E-state index contributed by atoms with van der Waals surface area (Å²) >= 11 is 0.845. The van der Waals surface area contributed by atoms with Gasteiger partial charge in [-0.25, -0.2) is 0 Å². The van der Waals surface area contributed by atoms with Gasteiger partial charge in [0.2, 0.25) is 5.91 Å². The number of hydrogen-bond donors (Lipinski definition) is 0. The summed E-state index contributed by atoms with van der Waals surface area (Å²) in [6.07, 6.45) is 3.56. The smallest absolute Gasteiger partial charge is 0.294 e. The molecule has 144 valence electrons. The van der Waals surface area contributed by atoms with Gasteiger partial charge in [0.1, 0.15) is 6.54 Å². The van der Waals surface area contributed by atoms with Crippen molar-refractivity contribution in [1.82, 2.24) is 9.80 Å². The first-order valence-corrected chi connectivity index (χ1v) is 9.69. The van der Waals surface area contributed by atoms with Crippen molar-refractivity contribution in [2.75, 3.05) is 33.4 Å². The van der Waals surface area contributed by atoms with E-state index in [-0.39, 0.29) is 12.5 Å². The number of methoxy groups -OCH3 is 1. The summed E-state index contributed by atoms with van der Waals surface area (Å²) in [5.41, 5.74) is 0.715. The van der Waals surface area contributed by atoms with Gasteiger partial charge < -0.3 is 14.4 Å². The highest BCUT2D eigenvalue weighted by Crippen LogP contribution is 2.34. The Balaban J connectivity index is 1.74. The molecule has 2 aliphatic rings. The maximum atomic E-state index is 12.6. The van der Waals surface area contributed by atoms with E-state index in [9.17, 15) is 14.4 Å². The van der Waals surface area contributed by atoms with E-state index in [0.717, 1.165) is 29.5 Å². The van der Waals surface area contributed by atoms with E-state index >= 15 is 0 Å². The molecule has 2 saturated heterocycles. The van der Waals surface area contributed by atoms with Crippen LogP contribution in [0.1, 0.15) is 25.3 Å². The first kappa shape index (κ1) is 19.3. The van der Waals surface area contributed by atoms with Crippen LogP contribution in [0.15, 0.2) is 23.1 Å². The van der Waals surface area contributed by atoms with Crippen molar-refractivity contribution in [3.8, 4) is 11.5 Å². The zero-order valence-electron chi connectivity index (χ0n) is 15.4. The zero-order chi connectivity index (χ0) is 19.4. The standard InChI is InChI=1S/C19H22N2O5S/c1-3-26-14-7-6-13(10-15(14)25-2)11-16-18(23)21(19(24)27-16)12-17(22)20-8-4-5-9-20/h6-7,10-11H,3-5,8-9,12H2,1-2H3/b16-11-. The molecule has 3 rings (SSSR count). The Morgan fingerprint density at radius 1 is 1.22 bits per heavy atom. The predicted octanol–water partition coefficient (Wildman–Crippen LogP) is 2.75. The normalized spacial score (nSPS) is 18.5. The van der Waals surface area contributed by atoms with Gasteiger partial charge in [0, 0.05) is 13.1 Å².